The predicted molar refractivity (Wildman–Crippen MR) is 85.7 cm³/mol. The molecule has 0 aliphatic heterocycles. The number of carbonyl (C=O) groups excluding carboxylic acids is 1. The van der Waals surface area contributed by atoms with Gasteiger partial charge in [-0.1, -0.05) is 30.3 Å². The lowest BCUT2D eigenvalue weighted by molar-refractivity contribution is 0.102. The lowest BCUT2D eigenvalue weighted by Crippen LogP contribution is -2.15. The first-order valence-electron chi connectivity index (χ1n) is 7.28. The van der Waals surface area contributed by atoms with Gasteiger partial charge in [0, 0.05) is 23.2 Å². The Kier molecular flexibility index (Phi) is 3.76. The molecule has 2 aromatic carbocycles. The van der Waals surface area contributed by atoms with Crippen molar-refractivity contribution >= 4 is 11.6 Å². The molecule has 1 aliphatic carbocycles. The summed E-state index contributed by atoms with van der Waals surface area (Å²) >= 11 is 0. The molecule has 1 fully saturated rings. The summed E-state index contributed by atoms with van der Waals surface area (Å²) in [6, 6.07) is 18.1. The van der Waals surface area contributed by atoms with E-state index in [2.05, 4.69) is 36.4 Å². The number of nitrogens with one attached hydrogen (secondary N) is 1. The molecule has 0 spiro atoms. The van der Waals surface area contributed by atoms with Crippen LogP contribution in [0.5, 0.6) is 0 Å². The van der Waals surface area contributed by atoms with E-state index in [0.717, 1.165) is 5.69 Å². The second kappa shape index (κ2) is 5.70. The summed E-state index contributed by atoms with van der Waals surface area (Å²) in [6.45, 7) is 0. The fourth-order valence-corrected chi connectivity index (χ4v) is 2.72. The fourth-order valence-electron chi connectivity index (χ4n) is 2.72. The monoisotopic (exact) mass is 280 g/mol. The lowest BCUT2D eigenvalue weighted by Gasteiger charge is -2.09. The number of carbonyl (C=O) groups is 1. The van der Waals surface area contributed by atoms with Gasteiger partial charge in [0.15, 0.2) is 0 Å². The highest BCUT2D eigenvalue weighted by Gasteiger charge is 2.39. The van der Waals surface area contributed by atoms with Crippen LogP contribution in [0.25, 0.3) is 0 Å². The van der Waals surface area contributed by atoms with Gasteiger partial charge in [-0.15, -0.1) is 0 Å². The minimum absolute atomic E-state index is 0.0686. The van der Waals surface area contributed by atoms with Crippen LogP contribution in [0.15, 0.2) is 54.6 Å². The van der Waals surface area contributed by atoms with Crippen molar-refractivity contribution in [2.24, 2.45) is 0 Å². The van der Waals surface area contributed by atoms with E-state index in [1.807, 2.05) is 42.5 Å². The Morgan fingerprint density at radius 1 is 1.05 bits per heavy atom. The van der Waals surface area contributed by atoms with Crippen molar-refractivity contribution in [1.29, 1.82) is 0 Å². The van der Waals surface area contributed by atoms with Crippen molar-refractivity contribution in [3.8, 4) is 0 Å². The fraction of sp³-hybridized carbons (Fsp3) is 0.278. The Bertz CT molecular complexity index is 619. The van der Waals surface area contributed by atoms with Gasteiger partial charge >= 0.3 is 0 Å². The third kappa shape index (κ3) is 3.14. The quantitative estimate of drug-likeness (QED) is 0.931. The van der Waals surface area contributed by atoms with Crippen molar-refractivity contribution in [3.63, 3.8) is 0 Å². The molecule has 1 amide bonds. The minimum Gasteiger partial charge on any atom is -0.322 e. The average molecular weight is 280 g/mol. The molecule has 0 heterocycles. The van der Waals surface area contributed by atoms with Crippen molar-refractivity contribution in [1.82, 2.24) is 4.90 Å². The Balaban J connectivity index is 1.64. The second-order valence-corrected chi connectivity index (χ2v) is 5.82. The van der Waals surface area contributed by atoms with E-state index < -0.39 is 0 Å². The Hall–Kier alpha value is -2.13. The molecule has 3 nitrogen and oxygen atoms in total. The van der Waals surface area contributed by atoms with E-state index in [4.69, 9.17) is 0 Å². The molecule has 2 atom stereocenters. The van der Waals surface area contributed by atoms with Gasteiger partial charge < -0.3 is 10.2 Å². The summed E-state index contributed by atoms with van der Waals surface area (Å²) in [6.07, 6.45) is 1.22. The summed E-state index contributed by atoms with van der Waals surface area (Å²) in [5.74, 6) is 0.569. The zero-order valence-electron chi connectivity index (χ0n) is 12.4. The van der Waals surface area contributed by atoms with Crippen LogP contribution in [-0.2, 0) is 0 Å². The third-order valence-electron chi connectivity index (χ3n) is 4.05. The first-order valence-corrected chi connectivity index (χ1v) is 7.28. The van der Waals surface area contributed by atoms with E-state index in [1.165, 1.54) is 12.0 Å². The van der Waals surface area contributed by atoms with Crippen LogP contribution in [0.1, 0.15) is 28.3 Å². The number of amides is 1. The molecule has 0 bridgehead atoms. The summed E-state index contributed by atoms with van der Waals surface area (Å²) in [4.78, 5) is 14.3. The molecular weight excluding hydrogens is 260 g/mol. The highest BCUT2D eigenvalue weighted by atomic mass is 16.1. The van der Waals surface area contributed by atoms with Crippen molar-refractivity contribution in [2.45, 2.75) is 18.4 Å². The zero-order chi connectivity index (χ0) is 14.8. The minimum atomic E-state index is -0.0686. The van der Waals surface area contributed by atoms with Crippen LogP contribution in [-0.4, -0.2) is 30.9 Å². The van der Waals surface area contributed by atoms with E-state index in [-0.39, 0.29) is 5.91 Å². The van der Waals surface area contributed by atoms with Gasteiger partial charge in [-0.3, -0.25) is 4.79 Å². The lowest BCUT2D eigenvalue weighted by atomic mass is 10.1. The molecule has 0 radical (unpaired) electrons. The van der Waals surface area contributed by atoms with Crippen LogP contribution in [0.2, 0.25) is 0 Å². The number of likely N-dealkylation sites (N-methyl/N-ethyl adjacent to an activating group) is 1. The predicted octanol–water partition coefficient (Wildman–Crippen LogP) is 3.36. The van der Waals surface area contributed by atoms with Gasteiger partial charge in [-0.25, -0.2) is 0 Å². The molecule has 3 heteroatoms. The smallest absolute Gasteiger partial charge is 0.255 e. The first-order chi connectivity index (χ1) is 10.1. The highest BCUT2D eigenvalue weighted by Crippen LogP contribution is 2.43. The van der Waals surface area contributed by atoms with Crippen molar-refractivity contribution in [2.75, 3.05) is 19.4 Å². The molecule has 0 aromatic heterocycles. The van der Waals surface area contributed by atoms with E-state index >= 15 is 0 Å². The standard InChI is InChI=1S/C18H20N2O/c1-20(2)17-12-16(17)13-8-10-15(11-9-13)19-18(21)14-6-4-3-5-7-14/h3-11,16-17H,12H2,1-2H3,(H,19,21). The van der Waals surface area contributed by atoms with Crippen LogP contribution in [0, 0.1) is 0 Å². The van der Waals surface area contributed by atoms with E-state index in [0.29, 0.717) is 17.5 Å². The van der Waals surface area contributed by atoms with Crippen LogP contribution in [0.4, 0.5) is 5.69 Å². The van der Waals surface area contributed by atoms with Gasteiger partial charge in [0.25, 0.3) is 5.91 Å². The van der Waals surface area contributed by atoms with Crippen LogP contribution < -0.4 is 5.32 Å². The van der Waals surface area contributed by atoms with E-state index in [1.54, 1.807) is 0 Å². The maximum atomic E-state index is 12.1. The molecule has 0 saturated heterocycles. The summed E-state index contributed by atoms with van der Waals surface area (Å²) in [5, 5.41) is 2.93. The number of benzene rings is 2. The Labute approximate surface area is 125 Å². The van der Waals surface area contributed by atoms with Gasteiger partial charge in [0.1, 0.15) is 0 Å². The second-order valence-electron chi connectivity index (χ2n) is 5.82. The summed E-state index contributed by atoms with van der Waals surface area (Å²) < 4.78 is 0. The number of nitrogens with zero attached hydrogens (tertiary/aromatic N) is 1. The maximum Gasteiger partial charge on any atom is 0.255 e. The van der Waals surface area contributed by atoms with E-state index in [9.17, 15) is 4.79 Å². The summed E-state index contributed by atoms with van der Waals surface area (Å²) in [7, 11) is 4.25. The van der Waals surface area contributed by atoms with Gasteiger partial charge in [-0.2, -0.15) is 0 Å². The molecule has 1 aliphatic rings. The number of hydrogen-bond donors (Lipinski definition) is 1. The molecule has 2 aromatic rings. The maximum absolute atomic E-state index is 12.1. The first kappa shape index (κ1) is 13.8. The average Bonchev–Trinajstić information content (AvgIpc) is 3.30. The molecule has 1 saturated carbocycles. The normalized spacial score (nSPS) is 20.3. The van der Waals surface area contributed by atoms with Crippen LogP contribution in [0.3, 0.4) is 0 Å². The third-order valence-corrected chi connectivity index (χ3v) is 4.05. The molecular formula is C18H20N2O. The molecule has 108 valence electrons. The molecule has 21 heavy (non-hydrogen) atoms. The zero-order valence-corrected chi connectivity index (χ0v) is 12.4. The molecule has 2 unspecified atom stereocenters. The Morgan fingerprint density at radius 3 is 2.29 bits per heavy atom. The highest BCUT2D eigenvalue weighted by molar-refractivity contribution is 6.04. The summed E-state index contributed by atoms with van der Waals surface area (Å²) in [5.41, 5.74) is 2.87. The van der Waals surface area contributed by atoms with Gasteiger partial charge in [0.2, 0.25) is 0 Å². The Morgan fingerprint density at radius 2 is 1.71 bits per heavy atom. The number of rotatable bonds is 4. The van der Waals surface area contributed by atoms with Gasteiger partial charge in [0.05, 0.1) is 0 Å². The van der Waals surface area contributed by atoms with Crippen LogP contribution >= 0.6 is 0 Å². The largest absolute Gasteiger partial charge is 0.322 e. The van der Waals surface area contributed by atoms with Gasteiger partial charge in [-0.05, 0) is 50.3 Å². The van der Waals surface area contributed by atoms with Crippen molar-refractivity contribution < 1.29 is 4.79 Å². The topological polar surface area (TPSA) is 32.3 Å². The molecule has 1 N–H and O–H groups in total. The van der Waals surface area contributed by atoms with Crippen molar-refractivity contribution in [3.05, 3.63) is 65.7 Å². The SMILES string of the molecule is CN(C)C1CC1c1ccc(NC(=O)c2ccccc2)cc1. The molecule has 3 rings (SSSR count). The number of anilines is 1. The number of hydrogen-bond acceptors (Lipinski definition) is 2.